The summed E-state index contributed by atoms with van der Waals surface area (Å²) in [6.07, 6.45) is 5.73. The maximum absolute atomic E-state index is 12.9. The fraction of sp³-hybridized carbons (Fsp3) is 0.800. The summed E-state index contributed by atoms with van der Waals surface area (Å²) in [5, 5.41) is 0.113. The number of aromatic nitrogens is 2. The standard InChI is InChI=1S/C15H25N3O4S/c1-3-21-11-15-6-4-8-22-13(15)5-7-18(10-15)23(19,20)14-9-17(2)12-16-14/h9,12-13H,3-8,10-11H2,1-2H3/t13-,15-/m0/s1. The Morgan fingerprint density at radius 2 is 2.35 bits per heavy atom. The first-order valence-corrected chi connectivity index (χ1v) is 9.59. The number of sulfonamides is 1. The van der Waals surface area contributed by atoms with Gasteiger partial charge in [-0.1, -0.05) is 0 Å². The summed E-state index contributed by atoms with van der Waals surface area (Å²) >= 11 is 0. The number of ether oxygens (including phenoxy) is 2. The highest BCUT2D eigenvalue weighted by Gasteiger charge is 2.49. The van der Waals surface area contributed by atoms with Crippen LogP contribution in [0.25, 0.3) is 0 Å². The molecule has 2 aliphatic heterocycles. The van der Waals surface area contributed by atoms with E-state index in [-0.39, 0.29) is 16.5 Å². The van der Waals surface area contributed by atoms with E-state index in [1.165, 1.54) is 6.33 Å². The number of nitrogens with zero attached hydrogens (tertiary/aromatic N) is 3. The van der Waals surface area contributed by atoms with E-state index in [0.29, 0.717) is 32.7 Å². The minimum atomic E-state index is -3.56. The number of aryl methyl sites for hydroxylation is 1. The Labute approximate surface area is 137 Å². The fourth-order valence-corrected chi connectivity index (χ4v) is 5.14. The molecule has 0 spiro atoms. The van der Waals surface area contributed by atoms with Gasteiger partial charge in [-0.15, -0.1) is 0 Å². The molecular weight excluding hydrogens is 318 g/mol. The fourth-order valence-electron chi connectivity index (χ4n) is 3.63. The van der Waals surface area contributed by atoms with Crippen LogP contribution in [0.2, 0.25) is 0 Å². The van der Waals surface area contributed by atoms with Gasteiger partial charge < -0.3 is 14.0 Å². The lowest BCUT2D eigenvalue weighted by Gasteiger charge is -2.49. The van der Waals surface area contributed by atoms with Crippen LogP contribution in [0.1, 0.15) is 26.2 Å². The van der Waals surface area contributed by atoms with Crippen LogP contribution in [0.5, 0.6) is 0 Å². The lowest BCUT2D eigenvalue weighted by Crippen LogP contribution is -2.58. The quantitative estimate of drug-likeness (QED) is 0.798. The van der Waals surface area contributed by atoms with Crippen molar-refractivity contribution < 1.29 is 17.9 Å². The van der Waals surface area contributed by atoms with Gasteiger partial charge in [0.2, 0.25) is 0 Å². The smallest absolute Gasteiger partial charge is 0.262 e. The van der Waals surface area contributed by atoms with Crippen LogP contribution in [0.4, 0.5) is 0 Å². The van der Waals surface area contributed by atoms with Gasteiger partial charge in [0, 0.05) is 45.0 Å². The maximum Gasteiger partial charge on any atom is 0.262 e. The molecule has 0 aliphatic carbocycles. The highest BCUT2D eigenvalue weighted by atomic mass is 32.2. The Balaban J connectivity index is 1.85. The summed E-state index contributed by atoms with van der Waals surface area (Å²) in [6, 6.07) is 0. The number of hydrogen-bond acceptors (Lipinski definition) is 5. The summed E-state index contributed by atoms with van der Waals surface area (Å²) in [4.78, 5) is 4.02. The van der Waals surface area contributed by atoms with Gasteiger partial charge in [0.1, 0.15) is 0 Å². The summed E-state index contributed by atoms with van der Waals surface area (Å²) in [5.41, 5.74) is -0.242. The third kappa shape index (κ3) is 3.17. The summed E-state index contributed by atoms with van der Waals surface area (Å²) in [7, 11) is -1.80. The molecule has 3 heterocycles. The molecule has 0 aromatic carbocycles. The zero-order valence-corrected chi connectivity index (χ0v) is 14.6. The van der Waals surface area contributed by atoms with Crippen LogP contribution in [0.15, 0.2) is 17.6 Å². The van der Waals surface area contributed by atoms with E-state index in [4.69, 9.17) is 9.47 Å². The number of imidazole rings is 1. The van der Waals surface area contributed by atoms with Gasteiger partial charge in [0.05, 0.1) is 19.0 Å². The molecule has 2 aliphatic rings. The molecule has 0 saturated carbocycles. The second kappa shape index (κ2) is 6.51. The third-order valence-electron chi connectivity index (χ3n) is 4.83. The van der Waals surface area contributed by atoms with E-state index in [9.17, 15) is 8.42 Å². The van der Waals surface area contributed by atoms with Crippen LogP contribution in [-0.2, 0) is 26.5 Å². The van der Waals surface area contributed by atoms with Crippen molar-refractivity contribution in [1.29, 1.82) is 0 Å². The Kier molecular flexibility index (Phi) is 4.78. The van der Waals surface area contributed by atoms with E-state index in [0.717, 1.165) is 19.4 Å². The van der Waals surface area contributed by atoms with Crippen molar-refractivity contribution in [1.82, 2.24) is 13.9 Å². The largest absolute Gasteiger partial charge is 0.381 e. The minimum absolute atomic E-state index is 0.0815. The summed E-state index contributed by atoms with van der Waals surface area (Å²) < 4.78 is 40.5. The van der Waals surface area contributed by atoms with Crippen molar-refractivity contribution in [3.05, 3.63) is 12.5 Å². The molecule has 2 saturated heterocycles. The lowest BCUT2D eigenvalue weighted by atomic mass is 9.73. The molecule has 2 atom stereocenters. The van der Waals surface area contributed by atoms with Crippen molar-refractivity contribution >= 4 is 10.0 Å². The molecule has 0 bridgehead atoms. The molecular formula is C15H25N3O4S. The van der Waals surface area contributed by atoms with Gasteiger partial charge in [0.15, 0.2) is 5.03 Å². The number of hydrogen-bond donors (Lipinski definition) is 0. The highest BCUT2D eigenvalue weighted by molar-refractivity contribution is 7.89. The predicted octanol–water partition coefficient (Wildman–Crippen LogP) is 1.02. The van der Waals surface area contributed by atoms with E-state index < -0.39 is 10.0 Å². The molecule has 1 aromatic rings. The van der Waals surface area contributed by atoms with Crippen LogP contribution >= 0.6 is 0 Å². The average molecular weight is 343 g/mol. The highest BCUT2D eigenvalue weighted by Crippen LogP contribution is 2.41. The zero-order chi connectivity index (χ0) is 16.5. The van der Waals surface area contributed by atoms with Crippen molar-refractivity contribution in [2.24, 2.45) is 12.5 Å². The average Bonchev–Trinajstić information content (AvgIpc) is 2.99. The molecule has 8 heteroatoms. The van der Waals surface area contributed by atoms with E-state index in [1.54, 1.807) is 22.1 Å². The second-order valence-corrected chi connectivity index (χ2v) is 8.35. The maximum atomic E-state index is 12.9. The molecule has 0 amide bonds. The van der Waals surface area contributed by atoms with Crippen molar-refractivity contribution in [2.75, 3.05) is 32.9 Å². The van der Waals surface area contributed by atoms with Crippen molar-refractivity contribution in [2.45, 2.75) is 37.3 Å². The van der Waals surface area contributed by atoms with Gasteiger partial charge in [-0.05, 0) is 26.2 Å². The normalized spacial score (nSPS) is 29.4. The molecule has 2 fully saturated rings. The van der Waals surface area contributed by atoms with Crippen LogP contribution in [0, 0.1) is 5.41 Å². The van der Waals surface area contributed by atoms with Crippen molar-refractivity contribution in [3.8, 4) is 0 Å². The summed E-state index contributed by atoms with van der Waals surface area (Å²) in [6.45, 7) is 4.80. The summed E-state index contributed by atoms with van der Waals surface area (Å²) in [5.74, 6) is 0. The van der Waals surface area contributed by atoms with Crippen LogP contribution in [0.3, 0.4) is 0 Å². The SMILES string of the molecule is CCOC[C@@]12CCCO[C@H]1CCN(S(=O)(=O)c1cn(C)cn1)C2. The molecule has 130 valence electrons. The first-order valence-electron chi connectivity index (χ1n) is 8.15. The molecule has 23 heavy (non-hydrogen) atoms. The Morgan fingerprint density at radius 3 is 3.04 bits per heavy atom. The molecule has 1 aromatic heterocycles. The third-order valence-corrected chi connectivity index (χ3v) is 6.56. The van der Waals surface area contributed by atoms with E-state index in [1.807, 2.05) is 6.92 Å². The molecule has 0 N–H and O–H groups in total. The van der Waals surface area contributed by atoms with E-state index in [2.05, 4.69) is 4.98 Å². The van der Waals surface area contributed by atoms with Crippen LogP contribution < -0.4 is 0 Å². The zero-order valence-electron chi connectivity index (χ0n) is 13.8. The van der Waals surface area contributed by atoms with Crippen LogP contribution in [-0.4, -0.2) is 61.3 Å². The van der Waals surface area contributed by atoms with E-state index >= 15 is 0 Å². The topological polar surface area (TPSA) is 73.7 Å². The number of rotatable bonds is 5. The van der Waals surface area contributed by atoms with Gasteiger partial charge in [-0.3, -0.25) is 0 Å². The molecule has 0 unspecified atom stereocenters. The monoisotopic (exact) mass is 343 g/mol. The molecule has 3 rings (SSSR count). The van der Waals surface area contributed by atoms with Crippen molar-refractivity contribution in [3.63, 3.8) is 0 Å². The number of fused-ring (bicyclic) bond motifs is 1. The minimum Gasteiger partial charge on any atom is -0.381 e. The lowest BCUT2D eigenvalue weighted by molar-refractivity contribution is -0.141. The predicted molar refractivity (Wildman–Crippen MR) is 84.5 cm³/mol. The molecule has 7 nitrogen and oxygen atoms in total. The van der Waals surface area contributed by atoms with Gasteiger partial charge in [-0.25, -0.2) is 13.4 Å². The van der Waals surface area contributed by atoms with Gasteiger partial charge in [0.25, 0.3) is 10.0 Å². The first-order chi connectivity index (χ1) is 11.0. The first kappa shape index (κ1) is 16.9. The van der Waals surface area contributed by atoms with Gasteiger partial charge in [-0.2, -0.15) is 4.31 Å². The number of piperidine rings is 1. The van der Waals surface area contributed by atoms with Gasteiger partial charge >= 0.3 is 0 Å². The Hall–Kier alpha value is -0.960. The second-order valence-electron chi connectivity index (χ2n) is 6.47. The molecule has 0 radical (unpaired) electrons. The Bertz CT molecular complexity index is 645. The Morgan fingerprint density at radius 1 is 1.52 bits per heavy atom.